The molecular weight excluding hydrogens is 406 g/mol. The lowest BCUT2D eigenvalue weighted by atomic mass is 10.0. The molecule has 1 aromatic heterocycles. The van der Waals surface area contributed by atoms with Crippen LogP contribution in [0.25, 0.3) is 11.0 Å². The van der Waals surface area contributed by atoms with Gasteiger partial charge in [-0.3, -0.25) is 4.90 Å². The Morgan fingerprint density at radius 1 is 1.17 bits per heavy atom. The molecule has 4 rings (SSSR count). The van der Waals surface area contributed by atoms with E-state index in [1.165, 1.54) is 0 Å². The highest BCUT2D eigenvalue weighted by atomic mass is 35.5. The fraction of sp³-hybridized carbons (Fsp3) is 0.364. The second-order valence-corrected chi connectivity index (χ2v) is 7.77. The lowest BCUT2D eigenvalue weighted by molar-refractivity contribution is 0.0776. The number of amides is 1. The number of carbonyl (C=O) groups is 1. The third kappa shape index (κ3) is 4.37. The predicted molar refractivity (Wildman–Crippen MR) is 114 cm³/mol. The minimum atomic E-state index is -0.274. The number of phenolic OH excluding ortho intramolecular Hbond substituents is 1. The topological polar surface area (TPSA) is 79.0 Å². The number of hydrogen-bond acceptors (Lipinski definition) is 6. The molecule has 0 saturated carbocycles. The summed E-state index contributed by atoms with van der Waals surface area (Å²) in [6.07, 6.45) is 0.344. The molecule has 0 unspecified atom stereocenters. The fourth-order valence-electron chi connectivity index (χ4n) is 3.70. The van der Waals surface area contributed by atoms with Crippen LogP contribution in [-0.2, 0) is 17.7 Å². The standard InChI is InChI=1S/C22H24ClN3O4/c1-2-29-22(28)26-11-9-25(10-12-26)14-18-20(27)8-7-17-19(24-30-21(17)18)13-15-3-5-16(23)6-4-15/h3-8,27H,2,9-14H2,1H3. The number of aromatic hydroxyl groups is 1. The highest BCUT2D eigenvalue weighted by molar-refractivity contribution is 6.30. The van der Waals surface area contributed by atoms with Gasteiger partial charge in [0.15, 0.2) is 5.58 Å². The van der Waals surface area contributed by atoms with Crippen LogP contribution >= 0.6 is 11.6 Å². The largest absolute Gasteiger partial charge is 0.507 e. The summed E-state index contributed by atoms with van der Waals surface area (Å²) in [5.41, 5.74) is 3.22. The van der Waals surface area contributed by atoms with Gasteiger partial charge in [0, 0.05) is 49.6 Å². The van der Waals surface area contributed by atoms with Gasteiger partial charge in [-0.05, 0) is 36.8 Å². The summed E-state index contributed by atoms with van der Waals surface area (Å²) in [6.45, 7) is 5.27. The molecule has 158 valence electrons. The molecule has 0 spiro atoms. The van der Waals surface area contributed by atoms with Crippen molar-refractivity contribution in [3.05, 3.63) is 58.2 Å². The van der Waals surface area contributed by atoms with Crippen LogP contribution in [0, 0.1) is 0 Å². The summed E-state index contributed by atoms with van der Waals surface area (Å²) in [7, 11) is 0. The van der Waals surface area contributed by atoms with Crippen LogP contribution in [0.4, 0.5) is 4.79 Å². The number of nitrogens with zero attached hydrogens (tertiary/aromatic N) is 3. The molecule has 8 heteroatoms. The predicted octanol–water partition coefficient (Wildman–Crippen LogP) is 4.05. The van der Waals surface area contributed by atoms with Crippen molar-refractivity contribution in [2.24, 2.45) is 0 Å². The van der Waals surface area contributed by atoms with Crippen LogP contribution in [-0.4, -0.2) is 58.9 Å². The van der Waals surface area contributed by atoms with Gasteiger partial charge in [0.1, 0.15) is 5.75 Å². The summed E-state index contributed by atoms with van der Waals surface area (Å²) in [6, 6.07) is 11.2. The first-order valence-corrected chi connectivity index (χ1v) is 10.4. The first-order chi connectivity index (χ1) is 14.5. The lowest BCUT2D eigenvalue weighted by Crippen LogP contribution is -2.48. The zero-order chi connectivity index (χ0) is 21.1. The first kappa shape index (κ1) is 20.5. The van der Waals surface area contributed by atoms with Crippen molar-refractivity contribution in [3.63, 3.8) is 0 Å². The Morgan fingerprint density at radius 2 is 1.90 bits per heavy atom. The van der Waals surface area contributed by atoms with Gasteiger partial charge in [-0.1, -0.05) is 28.9 Å². The second kappa shape index (κ2) is 8.93. The number of aromatic nitrogens is 1. The van der Waals surface area contributed by atoms with Gasteiger partial charge in [-0.2, -0.15) is 0 Å². The van der Waals surface area contributed by atoms with Crippen LogP contribution in [0.1, 0.15) is 23.7 Å². The minimum absolute atomic E-state index is 0.185. The molecule has 1 fully saturated rings. The van der Waals surface area contributed by atoms with Crippen molar-refractivity contribution in [1.29, 1.82) is 0 Å². The third-order valence-corrected chi connectivity index (χ3v) is 5.61. The number of phenols is 1. The van der Waals surface area contributed by atoms with Crippen LogP contribution in [0.15, 0.2) is 40.9 Å². The third-order valence-electron chi connectivity index (χ3n) is 5.36. The zero-order valence-electron chi connectivity index (χ0n) is 16.8. The number of ether oxygens (including phenoxy) is 1. The normalized spacial score (nSPS) is 14.9. The highest BCUT2D eigenvalue weighted by Gasteiger charge is 2.24. The van der Waals surface area contributed by atoms with Gasteiger partial charge < -0.3 is 19.3 Å². The van der Waals surface area contributed by atoms with Gasteiger partial charge in [-0.25, -0.2) is 4.79 Å². The Bertz CT molecular complexity index is 1030. The summed E-state index contributed by atoms with van der Waals surface area (Å²) in [4.78, 5) is 15.8. The average Bonchev–Trinajstić information content (AvgIpc) is 3.15. The number of piperazine rings is 1. The summed E-state index contributed by atoms with van der Waals surface area (Å²) >= 11 is 5.97. The van der Waals surface area contributed by atoms with Gasteiger partial charge in [0.2, 0.25) is 0 Å². The summed E-state index contributed by atoms with van der Waals surface area (Å²) in [5.74, 6) is 0.185. The molecule has 3 aromatic rings. The van der Waals surface area contributed by atoms with Gasteiger partial charge in [0.25, 0.3) is 0 Å². The average molecular weight is 430 g/mol. The molecule has 2 aromatic carbocycles. The molecule has 1 aliphatic rings. The highest BCUT2D eigenvalue weighted by Crippen LogP contribution is 2.31. The SMILES string of the molecule is CCOC(=O)N1CCN(Cc2c(O)ccc3c(Cc4ccc(Cl)cc4)noc23)CC1. The maximum absolute atomic E-state index is 11.9. The Labute approximate surface area is 179 Å². The van der Waals surface area contributed by atoms with Crippen molar-refractivity contribution < 1.29 is 19.2 Å². The Hall–Kier alpha value is -2.77. The van der Waals surface area contributed by atoms with Crippen molar-refractivity contribution in [3.8, 4) is 5.75 Å². The van der Waals surface area contributed by atoms with E-state index >= 15 is 0 Å². The molecule has 2 heterocycles. The van der Waals surface area contributed by atoms with Crippen molar-refractivity contribution in [2.75, 3.05) is 32.8 Å². The Kier molecular flexibility index (Phi) is 6.11. The van der Waals surface area contributed by atoms with Crippen LogP contribution in [0.2, 0.25) is 5.02 Å². The monoisotopic (exact) mass is 429 g/mol. The maximum Gasteiger partial charge on any atom is 0.409 e. The minimum Gasteiger partial charge on any atom is -0.507 e. The summed E-state index contributed by atoms with van der Waals surface area (Å²) in [5, 5.41) is 16.3. The van der Waals surface area contributed by atoms with Gasteiger partial charge >= 0.3 is 6.09 Å². The fourth-order valence-corrected chi connectivity index (χ4v) is 3.83. The van der Waals surface area contributed by atoms with E-state index in [0.29, 0.717) is 61.9 Å². The van der Waals surface area contributed by atoms with E-state index in [0.717, 1.165) is 16.6 Å². The van der Waals surface area contributed by atoms with Gasteiger partial charge in [0.05, 0.1) is 17.9 Å². The number of carbonyl (C=O) groups excluding carboxylic acids is 1. The van der Waals surface area contributed by atoms with Crippen LogP contribution < -0.4 is 0 Å². The quantitative estimate of drug-likeness (QED) is 0.659. The molecule has 0 atom stereocenters. The molecule has 1 saturated heterocycles. The van der Waals surface area contributed by atoms with E-state index in [4.69, 9.17) is 20.9 Å². The molecule has 30 heavy (non-hydrogen) atoms. The maximum atomic E-state index is 11.9. The molecule has 0 bridgehead atoms. The number of benzene rings is 2. The second-order valence-electron chi connectivity index (χ2n) is 7.33. The van der Waals surface area contributed by atoms with Crippen LogP contribution in [0.3, 0.4) is 0 Å². The van der Waals surface area contributed by atoms with E-state index in [1.807, 2.05) is 30.3 Å². The van der Waals surface area contributed by atoms with Crippen molar-refractivity contribution >= 4 is 28.7 Å². The molecule has 1 aliphatic heterocycles. The Morgan fingerprint density at radius 3 is 2.60 bits per heavy atom. The molecule has 0 aliphatic carbocycles. The molecule has 1 N–H and O–H groups in total. The molecule has 0 radical (unpaired) electrons. The molecule has 1 amide bonds. The number of fused-ring (bicyclic) bond motifs is 1. The Balaban J connectivity index is 1.49. The number of halogens is 1. The lowest BCUT2D eigenvalue weighted by Gasteiger charge is -2.34. The van der Waals surface area contributed by atoms with Crippen LogP contribution in [0.5, 0.6) is 5.75 Å². The summed E-state index contributed by atoms with van der Waals surface area (Å²) < 4.78 is 10.7. The van der Waals surface area contributed by atoms with E-state index in [-0.39, 0.29) is 11.8 Å². The molecular formula is C22H24ClN3O4. The van der Waals surface area contributed by atoms with E-state index < -0.39 is 0 Å². The number of rotatable bonds is 5. The first-order valence-electron chi connectivity index (χ1n) is 10.0. The molecule has 7 nitrogen and oxygen atoms in total. The van der Waals surface area contributed by atoms with E-state index in [1.54, 1.807) is 17.9 Å². The smallest absolute Gasteiger partial charge is 0.409 e. The van der Waals surface area contributed by atoms with Crippen molar-refractivity contribution in [1.82, 2.24) is 15.0 Å². The van der Waals surface area contributed by atoms with E-state index in [2.05, 4.69) is 10.1 Å². The van der Waals surface area contributed by atoms with E-state index in [9.17, 15) is 9.90 Å². The van der Waals surface area contributed by atoms with Crippen molar-refractivity contribution in [2.45, 2.75) is 19.9 Å². The van der Waals surface area contributed by atoms with Gasteiger partial charge in [-0.15, -0.1) is 0 Å². The zero-order valence-corrected chi connectivity index (χ0v) is 17.6. The number of hydrogen-bond donors (Lipinski definition) is 1.